The first-order chi connectivity index (χ1) is 8.22. The summed E-state index contributed by atoms with van der Waals surface area (Å²) < 4.78 is 0. The van der Waals surface area contributed by atoms with E-state index in [1.807, 2.05) is 18.8 Å². The third kappa shape index (κ3) is 2.93. The van der Waals surface area contributed by atoms with Crippen molar-refractivity contribution < 1.29 is 0 Å². The van der Waals surface area contributed by atoms with Crippen molar-refractivity contribution in [2.75, 3.05) is 36.5 Å². The Labute approximate surface area is 108 Å². The van der Waals surface area contributed by atoms with Gasteiger partial charge in [0.1, 0.15) is 5.82 Å². The fraction of sp³-hybridized carbons (Fsp3) is 0.615. The van der Waals surface area contributed by atoms with E-state index in [0.29, 0.717) is 0 Å². The average molecular weight is 251 g/mol. The van der Waals surface area contributed by atoms with Crippen molar-refractivity contribution in [2.24, 2.45) is 0 Å². The van der Waals surface area contributed by atoms with Crippen molar-refractivity contribution in [3.8, 4) is 0 Å². The lowest BCUT2D eigenvalue weighted by atomic mass is 10.1. The molecule has 94 valence electrons. The topological polar surface area (TPSA) is 28.2 Å². The first-order valence-electron chi connectivity index (χ1n) is 6.17. The van der Waals surface area contributed by atoms with Gasteiger partial charge in [-0.25, -0.2) is 4.98 Å². The number of hydrogen-bond acceptors (Lipinski definition) is 4. The van der Waals surface area contributed by atoms with Gasteiger partial charge in [0.05, 0.1) is 0 Å². The summed E-state index contributed by atoms with van der Waals surface area (Å²) in [5, 5.41) is 3.25. The summed E-state index contributed by atoms with van der Waals surface area (Å²) in [5.41, 5.74) is 3.82. The molecule has 1 aliphatic heterocycles. The first kappa shape index (κ1) is 12.7. The van der Waals surface area contributed by atoms with Gasteiger partial charge in [0, 0.05) is 42.4 Å². The number of aromatic nitrogens is 1. The number of rotatable bonds is 3. The molecule has 2 rings (SSSR count). The summed E-state index contributed by atoms with van der Waals surface area (Å²) in [6.07, 6.45) is 0. The molecule has 0 amide bonds. The van der Waals surface area contributed by atoms with Gasteiger partial charge in [0.15, 0.2) is 0 Å². The number of nitrogens with one attached hydrogen (secondary N) is 1. The van der Waals surface area contributed by atoms with Crippen LogP contribution in [0.1, 0.15) is 16.8 Å². The molecular formula is C13H21N3S. The van der Waals surface area contributed by atoms with Crippen LogP contribution in [-0.2, 0) is 6.54 Å². The molecular weight excluding hydrogens is 230 g/mol. The molecule has 0 atom stereocenters. The van der Waals surface area contributed by atoms with Crippen LogP contribution in [0, 0.1) is 13.8 Å². The van der Waals surface area contributed by atoms with Gasteiger partial charge in [0.2, 0.25) is 0 Å². The highest BCUT2D eigenvalue weighted by Gasteiger charge is 2.17. The van der Waals surface area contributed by atoms with Crippen molar-refractivity contribution in [3.63, 3.8) is 0 Å². The van der Waals surface area contributed by atoms with E-state index in [4.69, 9.17) is 4.98 Å². The van der Waals surface area contributed by atoms with Crippen LogP contribution in [0.2, 0.25) is 0 Å². The second kappa shape index (κ2) is 5.74. The van der Waals surface area contributed by atoms with Crippen LogP contribution in [-0.4, -0.2) is 36.6 Å². The molecule has 0 unspecified atom stereocenters. The molecule has 1 fully saturated rings. The van der Waals surface area contributed by atoms with E-state index in [2.05, 4.69) is 30.1 Å². The van der Waals surface area contributed by atoms with Gasteiger partial charge in [0.25, 0.3) is 0 Å². The van der Waals surface area contributed by atoms with Crippen molar-refractivity contribution >= 4 is 17.6 Å². The molecule has 0 bridgehead atoms. The lowest BCUT2D eigenvalue weighted by molar-refractivity contribution is 0.773. The van der Waals surface area contributed by atoms with E-state index < -0.39 is 0 Å². The number of nitrogens with zero attached hydrogens (tertiary/aromatic N) is 2. The maximum Gasteiger partial charge on any atom is 0.133 e. The minimum atomic E-state index is 0.901. The predicted octanol–water partition coefficient (Wildman–Crippen LogP) is 1.97. The van der Waals surface area contributed by atoms with Gasteiger partial charge in [-0.05, 0) is 32.5 Å². The fourth-order valence-electron chi connectivity index (χ4n) is 2.28. The quantitative estimate of drug-likeness (QED) is 0.889. The molecule has 1 aliphatic rings. The highest BCUT2D eigenvalue weighted by molar-refractivity contribution is 7.99. The summed E-state index contributed by atoms with van der Waals surface area (Å²) in [5.74, 6) is 3.62. The van der Waals surface area contributed by atoms with Gasteiger partial charge in [-0.2, -0.15) is 11.8 Å². The van der Waals surface area contributed by atoms with Crippen LogP contribution in [0.4, 0.5) is 5.82 Å². The van der Waals surface area contributed by atoms with Crippen molar-refractivity contribution in [1.29, 1.82) is 0 Å². The Hall–Kier alpha value is -0.740. The fourth-order valence-corrected chi connectivity index (χ4v) is 3.18. The minimum absolute atomic E-state index is 0.901. The van der Waals surface area contributed by atoms with Crippen molar-refractivity contribution in [1.82, 2.24) is 10.3 Å². The Morgan fingerprint density at radius 2 is 2.06 bits per heavy atom. The van der Waals surface area contributed by atoms with E-state index in [1.54, 1.807) is 0 Å². The number of aryl methyl sites for hydroxylation is 2. The summed E-state index contributed by atoms with van der Waals surface area (Å²) >= 11 is 2.04. The molecule has 3 nitrogen and oxygen atoms in total. The predicted molar refractivity (Wildman–Crippen MR) is 76.0 cm³/mol. The average Bonchev–Trinajstić information content (AvgIpc) is 2.33. The Morgan fingerprint density at radius 1 is 1.35 bits per heavy atom. The van der Waals surface area contributed by atoms with E-state index in [0.717, 1.165) is 25.3 Å². The molecule has 1 N–H and O–H groups in total. The van der Waals surface area contributed by atoms with Crippen LogP contribution < -0.4 is 10.2 Å². The summed E-state index contributed by atoms with van der Waals surface area (Å²) in [7, 11) is 2.00. The van der Waals surface area contributed by atoms with Gasteiger partial charge < -0.3 is 10.2 Å². The molecule has 0 aromatic carbocycles. The summed E-state index contributed by atoms with van der Waals surface area (Å²) in [6, 6.07) is 2.18. The minimum Gasteiger partial charge on any atom is -0.355 e. The van der Waals surface area contributed by atoms with Gasteiger partial charge >= 0.3 is 0 Å². The van der Waals surface area contributed by atoms with Crippen LogP contribution in [0.5, 0.6) is 0 Å². The maximum absolute atomic E-state index is 4.75. The highest BCUT2D eigenvalue weighted by atomic mass is 32.2. The smallest absolute Gasteiger partial charge is 0.133 e. The molecule has 1 aromatic rings. The highest BCUT2D eigenvalue weighted by Crippen LogP contribution is 2.25. The zero-order chi connectivity index (χ0) is 12.3. The Bertz CT molecular complexity index is 386. The zero-order valence-corrected chi connectivity index (χ0v) is 11.7. The SMILES string of the molecule is CNCc1c(C)cc(C)nc1N1CCSCC1. The van der Waals surface area contributed by atoms with E-state index in [1.165, 1.54) is 28.5 Å². The lowest BCUT2D eigenvalue weighted by Gasteiger charge is -2.30. The molecule has 0 aliphatic carbocycles. The number of thioether (sulfide) groups is 1. The largest absolute Gasteiger partial charge is 0.355 e. The second-order valence-corrected chi connectivity index (χ2v) is 5.74. The van der Waals surface area contributed by atoms with E-state index in [9.17, 15) is 0 Å². The van der Waals surface area contributed by atoms with Gasteiger partial charge in [-0.1, -0.05) is 0 Å². The third-order valence-corrected chi connectivity index (χ3v) is 4.06. The van der Waals surface area contributed by atoms with Crippen molar-refractivity contribution in [2.45, 2.75) is 20.4 Å². The second-order valence-electron chi connectivity index (χ2n) is 4.51. The zero-order valence-electron chi connectivity index (χ0n) is 10.9. The third-order valence-electron chi connectivity index (χ3n) is 3.12. The van der Waals surface area contributed by atoms with E-state index >= 15 is 0 Å². The van der Waals surface area contributed by atoms with Crippen molar-refractivity contribution in [3.05, 3.63) is 22.9 Å². The monoisotopic (exact) mass is 251 g/mol. The Kier molecular flexibility index (Phi) is 4.29. The number of hydrogen-bond donors (Lipinski definition) is 1. The molecule has 0 radical (unpaired) electrons. The molecule has 1 aromatic heterocycles. The molecule has 0 saturated carbocycles. The summed E-state index contributed by atoms with van der Waals surface area (Å²) in [6.45, 7) is 7.41. The van der Waals surface area contributed by atoms with Crippen LogP contribution in [0.3, 0.4) is 0 Å². The van der Waals surface area contributed by atoms with Crippen LogP contribution in [0.15, 0.2) is 6.07 Å². The van der Waals surface area contributed by atoms with E-state index in [-0.39, 0.29) is 0 Å². The Balaban J connectivity index is 2.35. The molecule has 4 heteroatoms. The number of pyridine rings is 1. The van der Waals surface area contributed by atoms with Crippen LogP contribution >= 0.6 is 11.8 Å². The van der Waals surface area contributed by atoms with Gasteiger partial charge in [-0.3, -0.25) is 0 Å². The molecule has 17 heavy (non-hydrogen) atoms. The maximum atomic E-state index is 4.75. The Morgan fingerprint density at radius 3 is 2.71 bits per heavy atom. The first-order valence-corrected chi connectivity index (χ1v) is 7.32. The van der Waals surface area contributed by atoms with Gasteiger partial charge in [-0.15, -0.1) is 0 Å². The summed E-state index contributed by atoms with van der Waals surface area (Å²) in [4.78, 5) is 7.19. The number of anilines is 1. The molecule has 2 heterocycles. The normalized spacial score (nSPS) is 16.3. The molecule has 0 spiro atoms. The lowest BCUT2D eigenvalue weighted by Crippen LogP contribution is -2.34. The standard InChI is InChI=1S/C13H21N3S/c1-10-8-11(2)15-13(12(10)9-14-3)16-4-6-17-7-5-16/h8,14H,4-7,9H2,1-3H3. The molecule has 1 saturated heterocycles. The van der Waals surface area contributed by atoms with Crippen LogP contribution in [0.25, 0.3) is 0 Å².